The van der Waals surface area contributed by atoms with Crippen LogP contribution in [0, 0.1) is 0 Å². The van der Waals surface area contributed by atoms with Crippen molar-refractivity contribution in [3.05, 3.63) is 0 Å². The second kappa shape index (κ2) is 6.08. The summed E-state index contributed by atoms with van der Waals surface area (Å²) in [5.74, 6) is -1.89. The zero-order chi connectivity index (χ0) is 15.5. The molecule has 0 bridgehead atoms. The predicted octanol–water partition coefficient (Wildman–Crippen LogP) is 0.944. The molecule has 1 aliphatic rings. The summed E-state index contributed by atoms with van der Waals surface area (Å²) >= 11 is 0. The summed E-state index contributed by atoms with van der Waals surface area (Å²) in [6, 6.07) is -1.01. The van der Waals surface area contributed by atoms with Crippen LogP contribution in [0.15, 0.2) is 0 Å². The molecule has 0 spiro atoms. The Bertz CT molecular complexity index is 401. The minimum atomic E-state index is -1.21. The smallest absolute Gasteiger partial charge is 0.435 e. The van der Waals surface area contributed by atoms with E-state index in [0.717, 1.165) is 0 Å². The predicted molar refractivity (Wildman–Crippen MR) is 65.6 cm³/mol. The van der Waals surface area contributed by atoms with Crippen LogP contribution in [0.25, 0.3) is 0 Å². The molecular weight excluding hydrogens is 270 g/mol. The van der Waals surface area contributed by atoms with Crippen LogP contribution < -0.4 is 0 Å². The van der Waals surface area contributed by atoms with Gasteiger partial charge in [-0.25, -0.2) is 14.4 Å². The van der Waals surface area contributed by atoms with Gasteiger partial charge in [-0.2, -0.15) is 5.06 Å². The Balaban J connectivity index is 2.89. The SMILES string of the molecule is COC(=O)[C@H]1CC[C@@H](C(=O)O)ON1C(=O)OC(C)(C)C. The Morgan fingerprint density at radius 2 is 1.85 bits per heavy atom. The molecule has 1 aliphatic heterocycles. The quantitative estimate of drug-likeness (QED) is 0.755. The summed E-state index contributed by atoms with van der Waals surface area (Å²) in [5.41, 5.74) is -0.794. The number of aliphatic carboxylic acids is 1. The second-order valence-corrected chi connectivity index (χ2v) is 5.35. The number of carboxylic acid groups (broad SMARTS) is 1. The number of hydroxylamine groups is 2. The van der Waals surface area contributed by atoms with E-state index in [1.165, 1.54) is 7.11 Å². The first-order valence-electron chi connectivity index (χ1n) is 6.15. The highest BCUT2D eigenvalue weighted by atomic mass is 16.7. The number of ether oxygens (including phenoxy) is 2. The fraction of sp³-hybridized carbons (Fsp3) is 0.750. The van der Waals surface area contributed by atoms with Crippen molar-refractivity contribution in [2.45, 2.75) is 51.4 Å². The molecule has 1 heterocycles. The Morgan fingerprint density at radius 3 is 2.30 bits per heavy atom. The fourth-order valence-electron chi connectivity index (χ4n) is 1.69. The molecule has 0 unspecified atom stereocenters. The average Bonchev–Trinajstić information content (AvgIpc) is 2.35. The molecule has 1 fully saturated rings. The average molecular weight is 289 g/mol. The first-order valence-corrected chi connectivity index (χ1v) is 6.15. The summed E-state index contributed by atoms with van der Waals surface area (Å²) in [7, 11) is 1.18. The highest BCUT2D eigenvalue weighted by molar-refractivity contribution is 5.82. The van der Waals surface area contributed by atoms with E-state index in [2.05, 4.69) is 4.74 Å². The Morgan fingerprint density at radius 1 is 1.25 bits per heavy atom. The normalized spacial score (nSPS) is 23.1. The highest BCUT2D eigenvalue weighted by Gasteiger charge is 2.42. The number of carboxylic acids is 1. The maximum absolute atomic E-state index is 12.0. The van der Waals surface area contributed by atoms with E-state index in [9.17, 15) is 14.4 Å². The second-order valence-electron chi connectivity index (χ2n) is 5.35. The lowest BCUT2D eigenvalue weighted by molar-refractivity contribution is -0.236. The summed E-state index contributed by atoms with van der Waals surface area (Å²) in [6.45, 7) is 4.95. The number of hydrogen-bond acceptors (Lipinski definition) is 6. The van der Waals surface area contributed by atoms with Gasteiger partial charge in [0.2, 0.25) is 0 Å². The summed E-state index contributed by atoms with van der Waals surface area (Å²) in [5, 5.41) is 9.58. The van der Waals surface area contributed by atoms with Crippen LogP contribution in [-0.4, -0.2) is 53.1 Å². The molecule has 1 N–H and O–H groups in total. The van der Waals surface area contributed by atoms with Crippen LogP contribution in [0.1, 0.15) is 33.6 Å². The van der Waals surface area contributed by atoms with Crippen molar-refractivity contribution in [3.8, 4) is 0 Å². The number of amides is 1. The number of methoxy groups -OCH3 is 1. The van der Waals surface area contributed by atoms with Gasteiger partial charge in [0.15, 0.2) is 12.1 Å². The Kier molecular flexibility index (Phi) is 4.93. The van der Waals surface area contributed by atoms with Crippen molar-refractivity contribution in [1.82, 2.24) is 5.06 Å². The van der Waals surface area contributed by atoms with Crippen molar-refractivity contribution >= 4 is 18.0 Å². The molecule has 8 heteroatoms. The highest BCUT2D eigenvalue weighted by Crippen LogP contribution is 2.24. The fourth-order valence-corrected chi connectivity index (χ4v) is 1.69. The minimum Gasteiger partial charge on any atom is -0.479 e. The van der Waals surface area contributed by atoms with Crippen LogP contribution in [0.2, 0.25) is 0 Å². The lowest BCUT2D eigenvalue weighted by atomic mass is 10.1. The van der Waals surface area contributed by atoms with Crippen molar-refractivity contribution in [1.29, 1.82) is 0 Å². The first kappa shape index (κ1) is 16.2. The van der Waals surface area contributed by atoms with Gasteiger partial charge in [0, 0.05) is 0 Å². The molecule has 1 saturated heterocycles. The molecule has 114 valence electrons. The third-order valence-electron chi connectivity index (χ3n) is 2.55. The zero-order valence-corrected chi connectivity index (χ0v) is 11.9. The zero-order valence-electron chi connectivity index (χ0n) is 11.9. The molecule has 1 amide bonds. The van der Waals surface area contributed by atoms with Crippen LogP contribution in [0.5, 0.6) is 0 Å². The van der Waals surface area contributed by atoms with Gasteiger partial charge in [-0.05, 0) is 33.6 Å². The van der Waals surface area contributed by atoms with Crippen molar-refractivity contribution < 1.29 is 33.8 Å². The maximum atomic E-state index is 12.0. The molecule has 0 saturated carbocycles. The van der Waals surface area contributed by atoms with Crippen LogP contribution in [0.3, 0.4) is 0 Å². The van der Waals surface area contributed by atoms with Crippen LogP contribution in [-0.2, 0) is 23.9 Å². The van der Waals surface area contributed by atoms with E-state index in [0.29, 0.717) is 5.06 Å². The monoisotopic (exact) mass is 289 g/mol. The van der Waals surface area contributed by atoms with Crippen molar-refractivity contribution in [2.24, 2.45) is 0 Å². The molecule has 0 aromatic rings. The number of rotatable bonds is 2. The summed E-state index contributed by atoms with van der Waals surface area (Å²) in [4.78, 5) is 39.6. The molecule has 0 aliphatic carbocycles. The van der Waals surface area contributed by atoms with Gasteiger partial charge in [-0.1, -0.05) is 0 Å². The van der Waals surface area contributed by atoms with Gasteiger partial charge < -0.3 is 14.6 Å². The van der Waals surface area contributed by atoms with E-state index in [-0.39, 0.29) is 12.8 Å². The third-order valence-corrected chi connectivity index (χ3v) is 2.55. The van der Waals surface area contributed by atoms with Crippen LogP contribution in [0.4, 0.5) is 4.79 Å². The van der Waals surface area contributed by atoms with Crippen molar-refractivity contribution in [2.75, 3.05) is 7.11 Å². The van der Waals surface area contributed by atoms with E-state index in [1.54, 1.807) is 20.8 Å². The number of hydrogen-bond donors (Lipinski definition) is 1. The molecule has 0 aromatic heterocycles. The maximum Gasteiger partial charge on any atom is 0.435 e. The van der Waals surface area contributed by atoms with E-state index in [1.807, 2.05) is 0 Å². The van der Waals surface area contributed by atoms with Crippen LogP contribution >= 0.6 is 0 Å². The summed E-state index contributed by atoms with van der Waals surface area (Å²) < 4.78 is 9.67. The van der Waals surface area contributed by atoms with Gasteiger partial charge in [0.1, 0.15) is 5.60 Å². The topological polar surface area (TPSA) is 102 Å². The molecule has 1 rings (SSSR count). The number of carbonyl (C=O) groups excluding carboxylic acids is 2. The van der Waals surface area contributed by atoms with Crippen molar-refractivity contribution in [3.63, 3.8) is 0 Å². The molecular formula is C12H19NO7. The van der Waals surface area contributed by atoms with Gasteiger partial charge in [-0.15, -0.1) is 0 Å². The number of nitrogens with zero attached hydrogens (tertiary/aromatic N) is 1. The lowest BCUT2D eigenvalue weighted by Gasteiger charge is -2.36. The number of esters is 1. The van der Waals surface area contributed by atoms with Gasteiger partial charge in [0.05, 0.1) is 7.11 Å². The Labute approximate surface area is 116 Å². The molecule has 2 atom stereocenters. The van der Waals surface area contributed by atoms with Gasteiger partial charge in [0.25, 0.3) is 0 Å². The molecule has 20 heavy (non-hydrogen) atoms. The largest absolute Gasteiger partial charge is 0.479 e. The Hall–Kier alpha value is -1.83. The van der Waals surface area contributed by atoms with E-state index < -0.39 is 35.8 Å². The molecule has 0 aromatic carbocycles. The third kappa shape index (κ3) is 4.09. The summed E-state index contributed by atoms with van der Waals surface area (Å²) in [6.07, 6.45) is -1.88. The minimum absolute atomic E-state index is 0.106. The lowest BCUT2D eigenvalue weighted by Crippen LogP contribution is -2.53. The standard InChI is InChI=1S/C12H19NO7/c1-12(2,3)19-11(17)13-7(10(16)18-4)5-6-8(20-13)9(14)15/h7-8H,5-6H2,1-4H3,(H,14,15)/t7-,8+/m1/s1. The van der Waals surface area contributed by atoms with E-state index in [4.69, 9.17) is 14.7 Å². The van der Waals surface area contributed by atoms with E-state index >= 15 is 0 Å². The number of carbonyl (C=O) groups is 3. The van der Waals surface area contributed by atoms with Gasteiger partial charge in [-0.3, -0.25) is 4.84 Å². The molecule has 8 nitrogen and oxygen atoms in total. The first-order chi connectivity index (χ1) is 9.15. The molecule has 0 radical (unpaired) electrons. The van der Waals surface area contributed by atoms with Gasteiger partial charge >= 0.3 is 18.0 Å².